The van der Waals surface area contributed by atoms with Crippen LogP contribution in [0, 0.1) is 0 Å². The number of hydrogen-bond donors (Lipinski definition) is 2. The zero-order valence-electron chi connectivity index (χ0n) is 42.8. The van der Waals surface area contributed by atoms with Crippen molar-refractivity contribution in [1.29, 1.82) is 0 Å². The van der Waals surface area contributed by atoms with E-state index in [0.717, 1.165) is 83.5 Å². The fourth-order valence-electron chi connectivity index (χ4n) is 6.81. The fourth-order valence-corrected chi connectivity index (χ4v) is 7.60. The standard InChI is InChI=1S/C56H95O11P/c1-4-7-10-13-16-19-21-23-25-26-28-29-31-34-36-39-42-45-54(58)63-49-53(67-56(60)47-44-41-38-35-32-30-27-24-22-20-17-14-11-8-5-2)51-65-68(61,62)64-50-52(48-57)66-55(59)46-43-40-37-33-18-15-12-9-6-3/h8,11,16-17,19-20,23-25,27,32,35,41,44,52-53,57H,4-7,9-10,12-15,18,21-22,26,28-31,33-34,36-40,42-43,45-51H2,1-3H3,(H,61,62)/b11-8-,19-16-,20-17-,25-23-,27-24-,35-32-,44-41-. The minimum atomic E-state index is -4.77. The van der Waals surface area contributed by atoms with Crippen molar-refractivity contribution >= 4 is 25.7 Å². The van der Waals surface area contributed by atoms with Gasteiger partial charge in [-0.2, -0.15) is 0 Å². The molecule has 0 aromatic carbocycles. The SMILES string of the molecule is CC/C=C\C/C=C\C/C=C\C/C=C\C/C=C\CC(=O)OC(COC(=O)CCCCCCCCC/C=C\C/C=C\CCCCC)COP(=O)(O)OCC(CO)OC(=O)CCCCCCCCCCC. The fraction of sp³-hybridized carbons (Fsp3) is 0.696. The molecule has 0 aliphatic rings. The van der Waals surface area contributed by atoms with Crippen LogP contribution in [0.25, 0.3) is 0 Å². The number of allylic oxidation sites excluding steroid dienone is 13. The van der Waals surface area contributed by atoms with E-state index in [2.05, 4.69) is 81.5 Å². The first-order valence-electron chi connectivity index (χ1n) is 26.5. The molecular weight excluding hydrogens is 880 g/mol. The molecule has 0 saturated heterocycles. The van der Waals surface area contributed by atoms with E-state index in [9.17, 15) is 28.9 Å². The highest BCUT2D eigenvalue weighted by atomic mass is 31.2. The average molecular weight is 975 g/mol. The monoisotopic (exact) mass is 975 g/mol. The summed E-state index contributed by atoms with van der Waals surface area (Å²) in [6, 6.07) is 0. The molecule has 0 aliphatic carbocycles. The van der Waals surface area contributed by atoms with Gasteiger partial charge in [0.2, 0.25) is 0 Å². The number of unbranched alkanes of at least 4 members (excludes halogenated alkanes) is 18. The smallest absolute Gasteiger partial charge is 0.462 e. The molecule has 0 spiro atoms. The molecule has 2 N–H and O–H groups in total. The summed E-state index contributed by atoms with van der Waals surface area (Å²) in [5.41, 5.74) is 0. The predicted molar refractivity (Wildman–Crippen MR) is 279 cm³/mol. The Morgan fingerprint density at radius 2 is 0.824 bits per heavy atom. The zero-order chi connectivity index (χ0) is 49.9. The summed E-state index contributed by atoms with van der Waals surface area (Å²) in [7, 11) is -4.77. The summed E-state index contributed by atoms with van der Waals surface area (Å²) in [6.07, 6.45) is 55.9. The number of aliphatic hydroxyl groups is 1. The normalized spacial score (nSPS) is 14.1. The first-order chi connectivity index (χ1) is 33.2. The lowest BCUT2D eigenvalue weighted by Gasteiger charge is -2.21. The van der Waals surface area contributed by atoms with Gasteiger partial charge < -0.3 is 24.2 Å². The second-order valence-electron chi connectivity index (χ2n) is 17.3. The Balaban J connectivity index is 4.86. The van der Waals surface area contributed by atoms with Crippen LogP contribution in [0.15, 0.2) is 85.1 Å². The van der Waals surface area contributed by atoms with E-state index in [1.807, 2.05) is 18.2 Å². The maximum Gasteiger partial charge on any atom is 0.472 e. The van der Waals surface area contributed by atoms with E-state index in [0.29, 0.717) is 19.3 Å². The van der Waals surface area contributed by atoms with E-state index >= 15 is 0 Å². The molecule has 11 nitrogen and oxygen atoms in total. The summed E-state index contributed by atoms with van der Waals surface area (Å²) in [5, 5.41) is 9.74. The maximum atomic E-state index is 12.8. The Hall–Kier alpha value is -3.34. The first kappa shape index (κ1) is 64.7. The van der Waals surface area contributed by atoms with Crippen LogP contribution in [0.5, 0.6) is 0 Å². The van der Waals surface area contributed by atoms with Crippen molar-refractivity contribution in [2.45, 2.75) is 226 Å². The topological polar surface area (TPSA) is 155 Å². The molecule has 0 fully saturated rings. The summed E-state index contributed by atoms with van der Waals surface area (Å²) in [4.78, 5) is 48.2. The van der Waals surface area contributed by atoms with Gasteiger partial charge in [-0.3, -0.25) is 23.4 Å². The quantitative estimate of drug-likeness (QED) is 0.0197. The van der Waals surface area contributed by atoms with E-state index in [1.54, 1.807) is 6.08 Å². The van der Waals surface area contributed by atoms with E-state index in [-0.39, 0.29) is 25.9 Å². The molecule has 0 heterocycles. The van der Waals surface area contributed by atoms with E-state index < -0.39 is 57.8 Å². The van der Waals surface area contributed by atoms with Crippen LogP contribution >= 0.6 is 7.82 Å². The molecule has 3 atom stereocenters. The number of phosphoric ester groups is 1. The highest BCUT2D eigenvalue weighted by molar-refractivity contribution is 7.47. The third-order valence-electron chi connectivity index (χ3n) is 10.8. The molecule has 0 aliphatic heterocycles. The number of rotatable bonds is 48. The number of esters is 3. The molecule has 68 heavy (non-hydrogen) atoms. The summed E-state index contributed by atoms with van der Waals surface area (Å²) in [5.74, 6) is -1.63. The number of carbonyl (C=O) groups is 3. The van der Waals surface area contributed by atoms with Gasteiger partial charge in [0.25, 0.3) is 0 Å². The number of hydrogen-bond acceptors (Lipinski definition) is 10. The largest absolute Gasteiger partial charge is 0.472 e. The first-order valence-corrected chi connectivity index (χ1v) is 28.0. The Bertz CT molecular complexity index is 1460. The molecule has 3 unspecified atom stereocenters. The van der Waals surface area contributed by atoms with Crippen LogP contribution in [0.3, 0.4) is 0 Å². The van der Waals surface area contributed by atoms with Crippen LogP contribution in [-0.2, 0) is 42.2 Å². The second kappa shape index (κ2) is 50.1. The van der Waals surface area contributed by atoms with Crippen molar-refractivity contribution in [3.8, 4) is 0 Å². The Labute approximate surface area is 413 Å². The van der Waals surface area contributed by atoms with Gasteiger partial charge in [0.15, 0.2) is 6.10 Å². The molecular formula is C56H95O11P. The van der Waals surface area contributed by atoms with Crippen molar-refractivity contribution in [2.75, 3.05) is 26.4 Å². The Morgan fingerprint density at radius 3 is 1.32 bits per heavy atom. The van der Waals surface area contributed by atoms with Gasteiger partial charge in [-0.05, 0) is 77.0 Å². The summed E-state index contributed by atoms with van der Waals surface area (Å²) < 4.78 is 39.2. The van der Waals surface area contributed by atoms with E-state index in [1.165, 1.54) is 70.6 Å². The van der Waals surface area contributed by atoms with Gasteiger partial charge in [-0.1, -0.05) is 202 Å². The molecule has 0 saturated carbocycles. The number of aliphatic hydroxyl groups excluding tert-OH is 1. The van der Waals surface area contributed by atoms with Crippen LogP contribution in [0.1, 0.15) is 213 Å². The molecule has 0 radical (unpaired) electrons. The summed E-state index contributed by atoms with van der Waals surface area (Å²) >= 11 is 0. The number of phosphoric acid groups is 1. The third kappa shape index (κ3) is 47.7. The van der Waals surface area contributed by atoms with E-state index in [4.69, 9.17) is 23.3 Å². The zero-order valence-corrected chi connectivity index (χ0v) is 43.7. The van der Waals surface area contributed by atoms with Gasteiger partial charge in [0, 0.05) is 12.8 Å². The van der Waals surface area contributed by atoms with Gasteiger partial charge >= 0.3 is 25.7 Å². The van der Waals surface area contributed by atoms with Crippen molar-refractivity contribution in [3.63, 3.8) is 0 Å². The lowest BCUT2D eigenvalue weighted by Crippen LogP contribution is -2.30. The molecule has 0 amide bonds. The van der Waals surface area contributed by atoms with Gasteiger partial charge in [0.05, 0.1) is 26.2 Å². The lowest BCUT2D eigenvalue weighted by molar-refractivity contribution is -0.160. The summed E-state index contributed by atoms with van der Waals surface area (Å²) in [6.45, 7) is 4.34. The predicted octanol–water partition coefficient (Wildman–Crippen LogP) is 15.1. The highest BCUT2D eigenvalue weighted by Crippen LogP contribution is 2.43. The minimum absolute atomic E-state index is 0.0681. The molecule has 0 aromatic heterocycles. The van der Waals surface area contributed by atoms with Gasteiger partial charge in [-0.15, -0.1) is 0 Å². The third-order valence-corrected chi connectivity index (χ3v) is 11.8. The van der Waals surface area contributed by atoms with Crippen molar-refractivity contribution in [1.82, 2.24) is 0 Å². The van der Waals surface area contributed by atoms with Crippen LogP contribution in [-0.4, -0.2) is 66.5 Å². The minimum Gasteiger partial charge on any atom is -0.462 e. The number of carbonyl (C=O) groups excluding carboxylic acids is 3. The van der Waals surface area contributed by atoms with Crippen molar-refractivity contribution in [2.24, 2.45) is 0 Å². The van der Waals surface area contributed by atoms with Crippen molar-refractivity contribution in [3.05, 3.63) is 85.1 Å². The van der Waals surface area contributed by atoms with Crippen LogP contribution in [0.4, 0.5) is 0 Å². The number of ether oxygens (including phenoxy) is 3. The highest BCUT2D eigenvalue weighted by Gasteiger charge is 2.28. The Kier molecular flexibility index (Phi) is 47.6. The second-order valence-corrected chi connectivity index (χ2v) is 18.8. The van der Waals surface area contributed by atoms with Gasteiger partial charge in [0.1, 0.15) is 12.7 Å². The van der Waals surface area contributed by atoms with Crippen LogP contribution < -0.4 is 0 Å². The maximum absolute atomic E-state index is 12.8. The molecule has 12 heteroatoms. The lowest BCUT2D eigenvalue weighted by atomic mass is 10.1. The van der Waals surface area contributed by atoms with Crippen molar-refractivity contribution < 1.29 is 52.2 Å². The molecule has 0 rings (SSSR count). The molecule has 0 aromatic rings. The van der Waals surface area contributed by atoms with Crippen LogP contribution in [0.2, 0.25) is 0 Å². The van der Waals surface area contributed by atoms with Gasteiger partial charge in [-0.25, -0.2) is 4.57 Å². The molecule has 390 valence electrons. The molecule has 0 bridgehead atoms. The Morgan fingerprint density at radius 1 is 0.441 bits per heavy atom. The average Bonchev–Trinajstić information content (AvgIpc) is 3.32.